The van der Waals surface area contributed by atoms with Crippen molar-refractivity contribution >= 4 is 11.5 Å². The average Bonchev–Trinajstić information content (AvgIpc) is 2.99. The maximum Gasteiger partial charge on any atom is 0.231 e. The van der Waals surface area contributed by atoms with Crippen LogP contribution < -0.4 is 14.9 Å². The lowest BCUT2D eigenvalue weighted by Gasteiger charge is -2.04. The van der Waals surface area contributed by atoms with E-state index in [0.717, 1.165) is 35.9 Å². The van der Waals surface area contributed by atoms with Gasteiger partial charge in [-0.05, 0) is 49.6 Å². The SMILES string of the molecule is C/C(CCc1ccc2c(c1)OCO2)=N\Nc1ccccn1. The largest absolute Gasteiger partial charge is 0.454 e. The van der Waals surface area contributed by atoms with Crippen LogP contribution in [0, 0.1) is 0 Å². The molecule has 0 spiro atoms. The van der Waals surface area contributed by atoms with Crippen LogP contribution in [0.5, 0.6) is 11.5 Å². The molecule has 0 atom stereocenters. The molecule has 5 heteroatoms. The molecular weight excluding hydrogens is 266 g/mol. The van der Waals surface area contributed by atoms with Crippen molar-refractivity contribution in [3.8, 4) is 11.5 Å². The summed E-state index contributed by atoms with van der Waals surface area (Å²) in [5.41, 5.74) is 5.20. The van der Waals surface area contributed by atoms with E-state index >= 15 is 0 Å². The van der Waals surface area contributed by atoms with E-state index in [1.54, 1.807) is 6.20 Å². The fourth-order valence-corrected chi connectivity index (χ4v) is 2.06. The third kappa shape index (κ3) is 3.51. The smallest absolute Gasteiger partial charge is 0.231 e. The summed E-state index contributed by atoms with van der Waals surface area (Å²) < 4.78 is 10.7. The summed E-state index contributed by atoms with van der Waals surface area (Å²) in [5, 5.41) is 4.33. The first-order valence-electron chi connectivity index (χ1n) is 6.90. The van der Waals surface area contributed by atoms with Gasteiger partial charge in [0, 0.05) is 11.9 Å². The molecule has 0 fully saturated rings. The molecule has 0 aliphatic carbocycles. The van der Waals surface area contributed by atoms with Crippen LogP contribution in [0.2, 0.25) is 0 Å². The van der Waals surface area contributed by atoms with E-state index in [9.17, 15) is 0 Å². The minimum atomic E-state index is 0.313. The van der Waals surface area contributed by atoms with Crippen LogP contribution in [0.4, 0.5) is 5.82 Å². The zero-order valence-electron chi connectivity index (χ0n) is 11.9. The van der Waals surface area contributed by atoms with Crippen LogP contribution in [0.1, 0.15) is 18.9 Å². The topological polar surface area (TPSA) is 55.7 Å². The first-order valence-corrected chi connectivity index (χ1v) is 6.90. The van der Waals surface area contributed by atoms with E-state index in [0.29, 0.717) is 6.79 Å². The fraction of sp³-hybridized carbons (Fsp3) is 0.250. The van der Waals surface area contributed by atoms with E-state index in [1.165, 1.54) is 5.56 Å². The monoisotopic (exact) mass is 283 g/mol. The normalized spacial score (nSPS) is 13.3. The van der Waals surface area contributed by atoms with Crippen molar-refractivity contribution in [3.63, 3.8) is 0 Å². The molecule has 5 nitrogen and oxygen atoms in total. The van der Waals surface area contributed by atoms with E-state index < -0.39 is 0 Å². The van der Waals surface area contributed by atoms with Gasteiger partial charge in [-0.1, -0.05) is 12.1 Å². The van der Waals surface area contributed by atoms with Crippen molar-refractivity contribution in [2.24, 2.45) is 5.10 Å². The minimum Gasteiger partial charge on any atom is -0.454 e. The zero-order chi connectivity index (χ0) is 14.5. The highest BCUT2D eigenvalue weighted by Crippen LogP contribution is 2.32. The van der Waals surface area contributed by atoms with Crippen LogP contribution >= 0.6 is 0 Å². The second-order valence-corrected chi connectivity index (χ2v) is 4.86. The highest BCUT2D eigenvalue weighted by atomic mass is 16.7. The number of nitrogens with one attached hydrogen (secondary N) is 1. The van der Waals surface area contributed by atoms with E-state index in [2.05, 4.69) is 21.6 Å². The van der Waals surface area contributed by atoms with E-state index in [4.69, 9.17) is 9.47 Å². The molecule has 1 aromatic carbocycles. The summed E-state index contributed by atoms with van der Waals surface area (Å²) in [7, 11) is 0. The summed E-state index contributed by atoms with van der Waals surface area (Å²) in [6.07, 6.45) is 3.52. The van der Waals surface area contributed by atoms with Gasteiger partial charge < -0.3 is 9.47 Å². The van der Waals surface area contributed by atoms with Crippen molar-refractivity contribution < 1.29 is 9.47 Å². The summed E-state index contributed by atoms with van der Waals surface area (Å²) in [5.74, 6) is 2.40. The van der Waals surface area contributed by atoms with Gasteiger partial charge in [0.15, 0.2) is 11.5 Å². The third-order valence-electron chi connectivity index (χ3n) is 3.24. The Bertz CT molecular complexity index is 641. The van der Waals surface area contributed by atoms with Crippen LogP contribution in [0.15, 0.2) is 47.7 Å². The first kappa shape index (κ1) is 13.4. The number of pyridine rings is 1. The summed E-state index contributed by atoms with van der Waals surface area (Å²) in [4.78, 5) is 4.16. The molecule has 21 heavy (non-hydrogen) atoms. The van der Waals surface area contributed by atoms with Crippen LogP contribution in [0.25, 0.3) is 0 Å². The van der Waals surface area contributed by atoms with Gasteiger partial charge in [-0.15, -0.1) is 0 Å². The van der Waals surface area contributed by atoms with Gasteiger partial charge in [0.1, 0.15) is 5.82 Å². The fourth-order valence-electron chi connectivity index (χ4n) is 2.06. The maximum atomic E-state index is 5.38. The molecule has 2 heterocycles. The lowest BCUT2D eigenvalue weighted by molar-refractivity contribution is 0.174. The molecule has 1 aliphatic rings. The molecule has 0 bridgehead atoms. The second-order valence-electron chi connectivity index (χ2n) is 4.86. The number of hydrazone groups is 1. The standard InChI is InChI=1S/C16H17N3O2/c1-12(18-19-16-4-2-3-9-17-16)5-6-13-7-8-14-15(10-13)21-11-20-14/h2-4,7-10H,5-6,11H2,1H3,(H,17,19)/b18-12+. The molecule has 2 aromatic rings. The van der Waals surface area contributed by atoms with Crippen molar-refractivity contribution in [1.29, 1.82) is 0 Å². The molecule has 1 N–H and O–H groups in total. The molecule has 0 saturated heterocycles. The number of fused-ring (bicyclic) bond motifs is 1. The number of benzene rings is 1. The maximum absolute atomic E-state index is 5.38. The van der Waals surface area contributed by atoms with Crippen molar-refractivity contribution in [2.45, 2.75) is 19.8 Å². The van der Waals surface area contributed by atoms with Crippen molar-refractivity contribution in [3.05, 3.63) is 48.2 Å². The van der Waals surface area contributed by atoms with Gasteiger partial charge in [-0.3, -0.25) is 5.43 Å². The van der Waals surface area contributed by atoms with Crippen molar-refractivity contribution in [2.75, 3.05) is 12.2 Å². The number of nitrogens with zero attached hydrogens (tertiary/aromatic N) is 2. The molecule has 108 valence electrons. The zero-order valence-corrected chi connectivity index (χ0v) is 11.9. The minimum absolute atomic E-state index is 0.313. The number of ether oxygens (including phenoxy) is 2. The Balaban J connectivity index is 1.54. The number of rotatable bonds is 5. The third-order valence-corrected chi connectivity index (χ3v) is 3.24. The van der Waals surface area contributed by atoms with E-state index in [1.807, 2.05) is 37.3 Å². The summed E-state index contributed by atoms with van der Waals surface area (Å²) in [6, 6.07) is 11.7. The number of hydrogen-bond acceptors (Lipinski definition) is 5. The Hall–Kier alpha value is -2.56. The predicted molar refractivity (Wildman–Crippen MR) is 81.9 cm³/mol. The van der Waals surface area contributed by atoms with Gasteiger partial charge in [-0.25, -0.2) is 4.98 Å². The number of aryl methyl sites for hydroxylation is 1. The van der Waals surface area contributed by atoms with Gasteiger partial charge in [-0.2, -0.15) is 5.10 Å². The van der Waals surface area contributed by atoms with E-state index in [-0.39, 0.29) is 0 Å². The second kappa shape index (κ2) is 6.26. The summed E-state index contributed by atoms with van der Waals surface area (Å²) in [6.45, 7) is 2.32. The Morgan fingerprint density at radius 1 is 1.24 bits per heavy atom. The molecule has 1 aliphatic heterocycles. The van der Waals surface area contributed by atoms with Crippen molar-refractivity contribution in [1.82, 2.24) is 4.98 Å². The van der Waals surface area contributed by atoms with Gasteiger partial charge in [0.25, 0.3) is 0 Å². The highest BCUT2D eigenvalue weighted by molar-refractivity contribution is 5.82. The van der Waals surface area contributed by atoms with Crippen LogP contribution in [-0.4, -0.2) is 17.5 Å². The Morgan fingerprint density at radius 3 is 3.00 bits per heavy atom. The number of hydrogen-bond donors (Lipinski definition) is 1. The van der Waals surface area contributed by atoms with Crippen LogP contribution in [0.3, 0.4) is 0 Å². The summed E-state index contributed by atoms with van der Waals surface area (Å²) >= 11 is 0. The predicted octanol–water partition coefficient (Wildman–Crippen LogP) is 3.23. The number of aromatic nitrogens is 1. The number of anilines is 1. The Kier molecular flexibility index (Phi) is 4.00. The first-order chi connectivity index (χ1) is 10.3. The Labute approximate surface area is 123 Å². The van der Waals surface area contributed by atoms with Gasteiger partial charge in [0.05, 0.1) is 0 Å². The molecule has 1 aromatic heterocycles. The van der Waals surface area contributed by atoms with Crippen LogP contribution in [-0.2, 0) is 6.42 Å². The quantitative estimate of drug-likeness (QED) is 0.676. The lowest BCUT2D eigenvalue weighted by Crippen LogP contribution is -2.00. The Morgan fingerprint density at radius 2 is 2.14 bits per heavy atom. The molecular formula is C16H17N3O2. The molecule has 0 saturated carbocycles. The highest BCUT2D eigenvalue weighted by Gasteiger charge is 2.12. The molecule has 3 rings (SSSR count). The lowest BCUT2D eigenvalue weighted by atomic mass is 10.1. The molecule has 0 amide bonds. The van der Waals surface area contributed by atoms with Gasteiger partial charge >= 0.3 is 0 Å². The molecule has 0 unspecified atom stereocenters. The molecule has 0 radical (unpaired) electrons. The average molecular weight is 283 g/mol. The van der Waals surface area contributed by atoms with Gasteiger partial charge in [0.2, 0.25) is 6.79 Å².